The quantitative estimate of drug-likeness (QED) is 0.187. The average molecular weight is 529 g/mol. The first kappa shape index (κ1) is 27.9. The summed E-state index contributed by atoms with van der Waals surface area (Å²) in [4.78, 5) is 7.60. The largest absolute Gasteiger partial charge is 0.359 e. The summed E-state index contributed by atoms with van der Waals surface area (Å²) in [5.41, 5.74) is 12.4. The molecule has 3 aromatic carbocycles. The van der Waals surface area contributed by atoms with E-state index >= 15 is 0 Å². The molecule has 2 aliphatic carbocycles. The molecule has 0 heterocycles. The highest BCUT2D eigenvalue weighted by Gasteiger charge is 2.32. The second-order valence-electron chi connectivity index (χ2n) is 11.6. The van der Waals surface area contributed by atoms with Crippen LogP contribution in [0.5, 0.6) is 0 Å². The van der Waals surface area contributed by atoms with Gasteiger partial charge < -0.3 is 4.90 Å². The third-order valence-electron chi connectivity index (χ3n) is 8.57. The molecule has 40 heavy (non-hydrogen) atoms. The van der Waals surface area contributed by atoms with Crippen LogP contribution in [0.1, 0.15) is 88.6 Å². The van der Waals surface area contributed by atoms with Gasteiger partial charge >= 0.3 is 0 Å². The molecule has 0 N–H and O–H groups in total. The summed E-state index contributed by atoms with van der Waals surface area (Å²) in [6.07, 6.45) is 11.3. The summed E-state index contributed by atoms with van der Waals surface area (Å²) < 4.78 is 0. The van der Waals surface area contributed by atoms with Gasteiger partial charge in [-0.15, -0.1) is 0 Å². The van der Waals surface area contributed by atoms with Crippen molar-refractivity contribution in [3.8, 4) is 0 Å². The fraction of sp³-hybridized carbons (Fsp3) is 0.342. The Kier molecular flexibility index (Phi) is 8.26. The van der Waals surface area contributed by atoms with Crippen LogP contribution in [0, 0.1) is 5.92 Å². The monoisotopic (exact) mass is 528 g/mol. The van der Waals surface area contributed by atoms with Crippen LogP contribution in [0.25, 0.3) is 16.3 Å². The van der Waals surface area contributed by atoms with E-state index in [9.17, 15) is 0 Å². The zero-order valence-corrected chi connectivity index (χ0v) is 25.3. The zero-order valence-electron chi connectivity index (χ0n) is 25.3. The van der Waals surface area contributed by atoms with E-state index in [1.54, 1.807) is 5.57 Å². The predicted molar refractivity (Wildman–Crippen MR) is 174 cm³/mol. The first-order valence-electron chi connectivity index (χ1n) is 15.1. The maximum Gasteiger partial charge on any atom is 0.0964 e. The van der Waals surface area contributed by atoms with Gasteiger partial charge in [0.25, 0.3) is 0 Å². The minimum absolute atomic E-state index is 0.0439. The molecule has 0 aliphatic heterocycles. The molecule has 0 amide bonds. The number of hydrogen-bond acceptors (Lipinski definition) is 2. The van der Waals surface area contributed by atoms with Gasteiger partial charge in [-0.25, -0.2) is 0 Å². The van der Waals surface area contributed by atoms with Crippen LogP contribution in [0.2, 0.25) is 0 Å². The third-order valence-corrected chi connectivity index (χ3v) is 8.57. The number of likely N-dealkylation sites (N-methyl/N-ethyl adjacent to an activating group) is 1. The topological polar surface area (TPSA) is 15.6 Å². The fourth-order valence-corrected chi connectivity index (χ4v) is 6.49. The van der Waals surface area contributed by atoms with Gasteiger partial charge in [0, 0.05) is 19.3 Å². The maximum absolute atomic E-state index is 4.96. The number of allylic oxidation sites excluding steroid dienone is 5. The summed E-state index contributed by atoms with van der Waals surface area (Å²) in [5.74, 6) is 0.916. The van der Waals surface area contributed by atoms with E-state index in [2.05, 4.69) is 131 Å². The summed E-state index contributed by atoms with van der Waals surface area (Å²) in [6, 6.07) is 22.2. The van der Waals surface area contributed by atoms with Gasteiger partial charge in [-0.1, -0.05) is 114 Å². The Hall–Kier alpha value is -3.65. The average Bonchev–Trinajstić information content (AvgIpc) is 3.51. The number of fused-ring (bicyclic) bond motifs is 3. The minimum Gasteiger partial charge on any atom is -0.359 e. The summed E-state index contributed by atoms with van der Waals surface area (Å²) >= 11 is 0. The highest BCUT2D eigenvalue weighted by molar-refractivity contribution is 6.13. The van der Waals surface area contributed by atoms with Crippen molar-refractivity contribution in [3.05, 3.63) is 124 Å². The molecule has 2 heteroatoms. The second-order valence-corrected chi connectivity index (χ2v) is 11.6. The van der Waals surface area contributed by atoms with Gasteiger partial charge in [0.1, 0.15) is 0 Å². The van der Waals surface area contributed by atoms with E-state index in [0.29, 0.717) is 11.8 Å². The molecular formula is C38H44N2. The Morgan fingerprint density at radius 2 is 1.62 bits per heavy atom. The first-order valence-corrected chi connectivity index (χ1v) is 15.1. The Labute approximate surface area is 241 Å². The van der Waals surface area contributed by atoms with Crippen molar-refractivity contribution >= 4 is 22.1 Å². The Balaban J connectivity index is 1.58. The summed E-state index contributed by atoms with van der Waals surface area (Å²) in [5, 5.41) is 2.65. The molecule has 1 atom stereocenters. The van der Waals surface area contributed by atoms with Gasteiger partial charge in [-0.05, 0) is 87.4 Å². The highest BCUT2D eigenvalue weighted by Crippen LogP contribution is 2.47. The lowest BCUT2D eigenvalue weighted by Crippen LogP contribution is -2.35. The number of rotatable bonds is 10. The lowest BCUT2D eigenvalue weighted by molar-refractivity contribution is 0.324. The molecule has 3 aromatic rings. The maximum atomic E-state index is 4.96. The van der Waals surface area contributed by atoms with Crippen LogP contribution in [0.3, 0.4) is 0 Å². The molecular weight excluding hydrogens is 484 g/mol. The van der Waals surface area contributed by atoms with Crippen LogP contribution < -0.4 is 0 Å². The molecule has 0 fully saturated rings. The van der Waals surface area contributed by atoms with E-state index in [-0.39, 0.29) is 6.04 Å². The molecule has 0 aromatic heterocycles. The Morgan fingerprint density at radius 1 is 0.900 bits per heavy atom. The highest BCUT2D eigenvalue weighted by atomic mass is 15.2. The lowest BCUT2D eigenvalue weighted by Gasteiger charge is -2.38. The smallest absolute Gasteiger partial charge is 0.0964 e. The van der Waals surface area contributed by atoms with Crippen LogP contribution in [-0.4, -0.2) is 24.2 Å². The van der Waals surface area contributed by atoms with Crippen molar-refractivity contribution in [1.82, 2.24) is 4.90 Å². The summed E-state index contributed by atoms with van der Waals surface area (Å²) in [6.45, 7) is 14.8. The lowest BCUT2D eigenvalue weighted by atomic mass is 9.88. The molecule has 5 rings (SSSR count). The van der Waals surface area contributed by atoms with Crippen molar-refractivity contribution in [2.24, 2.45) is 10.9 Å². The third kappa shape index (κ3) is 5.12. The normalized spacial score (nSPS) is 17.0. The SMILES string of the molecule is CCC1=C(N(CC)C(C(/C=C\C=C2/c3ccc4ccccc4c32)=NC)c2ccccc2C(C)C)C(C(C)C)=CC1. The molecule has 206 valence electrons. The van der Waals surface area contributed by atoms with Crippen LogP contribution >= 0.6 is 0 Å². The Morgan fingerprint density at radius 3 is 2.30 bits per heavy atom. The van der Waals surface area contributed by atoms with Crippen molar-refractivity contribution in [2.75, 3.05) is 13.6 Å². The number of nitrogens with zero attached hydrogens (tertiary/aromatic N) is 2. The molecule has 2 aliphatic rings. The van der Waals surface area contributed by atoms with Crippen LogP contribution in [-0.2, 0) is 0 Å². The van der Waals surface area contributed by atoms with Crippen LogP contribution in [0.15, 0.2) is 107 Å². The van der Waals surface area contributed by atoms with E-state index in [4.69, 9.17) is 4.99 Å². The van der Waals surface area contributed by atoms with Crippen molar-refractivity contribution in [2.45, 2.75) is 66.3 Å². The molecule has 0 saturated carbocycles. The Bertz CT molecular complexity index is 1560. The minimum atomic E-state index is 0.0439. The van der Waals surface area contributed by atoms with Gasteiger partial charge in [0.15, 0.2) is 0 Å². The van der Waals surface area contributed by atoms with E-state index < -0.39 is 0 Å². The molecule has 2 nitrogen and oxygen atoms in total. The van der Waals surface area contributed by atoms with Crippen molar-refractivity contribution in [1.29, 1.82) is 0 Å². The van der Waals surface area contributed by atoms with Crippen LogP contribution in [0.4, 0.5) is 0 Å². The molecule has 0 spiro atoms. The number of hydrogen-bond donors (Lipinski definition) is 0. The summed E-state index contributed by atoms with van der Waals surface area (Å²) in [7, 11) is 1.95. The standard InChI is InChI=1S/C38H44N2/c1-8-27-21-23-30(26(5)6)37(27)40(9-2)38(34-18-13-12-16-29(34)25(3)4)35(39-7)20-14-19-32-33-24-22-28-15-10-11-17-31(28)36(32)33/h10-20,22-26,38H,8-9,21H2,1-7H3/b20-14-,32-19+,39-35?. The van der Waals surface area contributed by atoms with E-state index in [1.165, 1.54) is 49.9 Å². The van der Waals surface area contributed by atoms with Gasteiger partial charge in [-0.2, -0.15) is 0 Å². The van der Waals surface area contributed by atoms with Crippen molar-refractivity contribution < 1.29 is 0 Å². The van der Waals surface area contributed by atoms with E-state index in [0.717, 1.165) is 25.1 Å². The molecule has 0 saturated heterocycles. The molecule has 1 unspecified atom stereocenters. The first-order chi connectivity index (χ1) is 19.4. The van der Waals surface area contributed by atoms with Gasteiger partial charge in [0.05, 0.1) is 11.8 Å². The predicted octanol–water partition coefficient (Wildman–Crippen LogP) is 10.0. The van der Waals surface area contributed by atoms with Crippen molar-refractivity contribution in [3.63, 3.8) is 0 Å². The van der Waals surface area contributed by atoms with Gasteiger partial charge in [-0.3, -0.25) is 4.99 Å². The molecule has 0 bridgehead atoms. The fourth-order valence-electron chi connectivity index (χ4n) is 6.49. The van der Waals surface area contributed by atoms with Gasteiger partial charge in [0.2, 0.25) is 0 Å². The number of benzene rings is 3. The van der Waals surface area contributed by atoms with E-state index in [1.807, 2.05) is 7.05 Å². The second kappa shape index (κ2) is 11.8. The number of aliphatic imine (C=N–C) groups is 1. The zero-order chi connectivity index (χ0) is 28.4. The molecule has 0 radical (unpaired) electrons.